The van der Waals surface area contributed by atoms with Crippen LogP contribution in [0.4, 0.5) is 16.2 Å². The van der Waals surface area contributed by atoms with Crippen molar-refractivity contribution in [1.29, 1.82) is 0 Å². The molecule has 1 saturated carbocycles. The van der Waals surface area contributed by atoms with E-state index in [9.17, 15) is 12.8 Å². The molecule has 1 fully saturated rings. The van der Waals surface area contributed by atoms with Crippen LogP contribution in [-0.4, -0.2) is 45.6 Å². The van der Waals surface area contributed by atoms with E-state index >= 15 is 0 Å². The molecule has 1 aromatic heterocycles. The van der Waals surface area contributed by atoms with Gasteiger partial charge in [-0.05, 0) is 67.3 Å². The number of nitrogens with one attached hydrogen (secondary N) is 2. The van der Waals surface area contributed by atoms with Crippen LogP contribution in [0.1, 0.15) is 31.2 Å². The Morgan fingerprint density at radius 3 is 2.26 bits per heavy atom. The summed E-state index contributed by atoms with van der Waals surface area (Å²) in [6.07, 6.45) is 4.02. The number of para-hydroxylation sites is 1. The molecule has 9 heteroatoms. The van der Waals surface area contributed by atoms with Crippen LogP contribution in [0.5, 0.6) is 0 Å². The summed E-state index contributed by atoms with van der Waals surface area (Å²) in [5, 5.41) is 4.45. The van der Waals surface area contributed by atoms with Crippen molar-refractivity contribution in [2.75, 3.05) is 37.4 Å². The van der Waals surface area contributed by atoms with E-state index in [-0.39, 0.29) is 11.6 Å². The minimum atomic E-state index is -3.44. The zero-order valence-corrected chi connectivity index (χ0v) is 20.5. The van der Waals surface area contributed by atoms with Crippen molar-refractivity contribution >= 4 is 32.7 Å². The highest BCUT2D eigenvalue weighted by Gasteiger charge is 2.23. The molecule has 34 heavy (non-hydrogen) atoms. The second-order valence-electron chi connectivity index (χ2n) is 9.28. The molecule has 1 heterocycles. The summed E-state index contributed by atoms with van der Waals surface area (Å²) in [6.45, 7) is 1.25. The van der Waals surface area contributed by atoms with Gasteiger partial charge >= 0.3 is 0 Å². The first kappa shape index (κ1) is 24.3. The lowest BCUT2D eigenvalue weighted by Gasteiger charge is -2.28. The van der Waals surface area contributed by atoms with Crippen LogP contribution in [0.3, 0.4) is 0 Å². The molecular formula is C25H32FN5O2S. The highest BCUT2D eigenvalue weighted by Crippen LogP contribution is 2.29. The number of fused-ring (bicyclic) bond motifs is 1. The molecule has 0 unspecified atom stereocenters. The summed E-state index contributed by atoms with van der Waals surface area (Å²) >= 11 is 0. The van der Waals surface area contributed by atoms with Crippen LogP contribution < -0.4 is 14.9 Å². The second kappa shape index (κ2) is 10.7. The number of hydrogen-bond acceptors (Lipinski definition) is 6. The van der Waals surface area contributed by atoms with Gasteiger partial charge in [-0.1, -0.05) is 24.3 Å². The standard InChI is InChI=1S/C25H32FN5O2S/c1-31(2)24-22-5-3-4-6-23(22)29-25(30-24)27-15-18-7-9-19(10-8-18)16-28-34(32,33)17-20-11-13-21(26)14-12-20/h3-6,11-14,18-19,28H,7-10,15-17H2,1-2H3,(H,27,29,30)/t18-,19-. The van der Waals surface area contributed by atoms with Crippen molar-refractivity contribution in [1.82, 2.24) is 14.7 Å². The van der Waals surface area contributed by atoms with Gasteiger partial charge in [0.15, 0.2) is 0 Å². The molecule has 0 bridgehead atoms. The van der Waals surface area contributed by atoms with Gasteiger partial charge in [0.1, 0.15) is 11.6 Å². The van der Waals surface area contributed by atoms with E-state index in [1.54, 1.807) is 0 Å². The Morgan fingerprint density at radius 1 is 0.941 bits per heavy atom. The maximum atomic E-state index is 13.0. The minimum Gasteiger partial charge on any atom is -0.362 e. The van der Waals surface area contributed by atoms with Crippen LogP contribution in [0, 0.1) is 17.7 Å². The number of halogens is 1. The molecule has 0 atom stereocenters. The molecule has 182 valence electrons. The third-order valence-electron chi connectivity index (χ3n) is 6.38. The predicted octanol–water partition coefficient (Wildman–Crippen LogP) is 4.17. The number of anilines is 2. The van der Waals surface area contributed by atoms with Gasteiger partial charge in [-0.3, -0.25) is 0 Å². The number of sulfonamides is 1. The number of rotatable bonds is 9. The zero-order chi connectivity index (χ0) is 24.1. The summed E-state index contributed by atoms with van der Waals surface area (Å²) in [5.41, 5.74) is 1.50. The molecule has 3 aromatic rings. The lowest BCUT2D eigenvalue weighted by atomic mass is 9.82. The van der Waals surface area contributed by atoms with Crippen LogP contribution >= 0.6 is 0 Å². The topological polar surface area (TPSA) is 87.2 Å². The van der Waals surface area contributed by atoms with Crippen molar-refractivity contribution in [2.45, 2.75) is 31.4 Å². The summed E-state index contributed by atoms with van der Waals surface area (Å²) in [4.78, 5) is 11.4. The maximum absolute atomic E-state index is 13.0. The van der Waals surface area contributed by atoms with Crippen molar-refractivity contribution in [3.8, 4) is 0 Å². The summed E-state index contributed by atoms with van der Waals surface area (Å²) in [6, 6.07) is 13.6. The highest BCUT2D eigenvalue weighted by molar-refractivity contribution is 7.88. The van der Waals surface area contributed by atoms with E-state index < -0.39 is 10.0 Å². The maximum Gasteiger partial charge on any atom is 0.225 e. The van der Waals surface area contributed by atoms with Crippen molar-refractivity contribution < 1.29 is 12.8 Å². The monoisotopic (exact) mass is 485 g/mol. The van der Waals surface area contributed by atoms with E-state index in [1.165, 1.54) is 24.3 Å². The van der Waals surface area contributed by atoms with Crippen LogP contribution in [-0.2, 0) is 15.8 Å². The number of hydrogen-bond donors (Lipinski definition) is 2. The molecule has 0 amide bonds. The average Bonchev–Trinajstić information content (AvgIpc) is 2.83. The quantitative estimate of drug-likeness (QED) is 0.473. The third-order valence-corrected chi connectivity index (χ3v) is 7.70. The predicted molar refractivity (Wildman–Crippen MR) is 135 cm³/mol. The minimum absolute atomic E-state index is 0.132. The van der Waals surface area contributed by atoms with Gasteiger partial charge in [-0.25, -0.2) is 22.5 Å². The van der Waals surface area contributed by atoms with Gasteiger partial charge in [0, 0.05) is 32.6 Å². The third kappa shape index (κ3) is 6.42. The van der Waals surface area contributed by atoms with Crippen LogP contribution in [0.15, 0.2) is 48.5 Å². The average molecular weight is 486 g/mol. The second-order valence-corrected chi connectivity index (χ2v) is 11.1. The SMILES string of the molecule is CN(C)c1nc(NC[C@H]2CC[C@H](CNS(=O)(=O)Cc3ccc(F)cc3)CC2)nc2ccccc12. The molecule has 2 aromatic carbocycles. The van der Waals surface area contributed by atoms with Crippen LogP contribution in [0.2, 0.25) is 0 Å². The molecule has 1 aliphatic rings. The fourth-order valence-corrected chi connectivity index (χ4v) is 5.67. The van der Waals surface area contributed by atoms with E-state index in [0.29, 0.717) is 29.9 Å². The van der Waals surface area contributed by atoms with Gasteiger partial charge < -0.3 is 10.2 Å². The largest absolute Gasteiger partial charge is 0.362 e. The van der Waals surface area contributed by atoms with Crippen LogP contribution in [0.25, 0.3) is 10.9 Å². The zero-order valence-electron chi connectivity index (χ0n) is 19.7. The van der Waals surface area contributed by atoms with E-state index in [0.717, 1.165) is 48.9 Å². The van der Waals surface area contributed by atoms with E-state index in [1.807, 2.05) is 43.3 Å². The lowest BCUT2D eigenvalue weighted by molar-refractivity contribution is 0.284. The fourth-order valence-electron chi connectivity index (χ4n) is 4.45. The molecular weight excluding hydrogens is 453 g/mol. The molecule has 7 nitrogen and oxygen atoms in total. The molecule has 0 spiro atoms. The van der Waals surface area contributed by atoms with E-state index in [4.69, 9.17) is 4.98 Å². The molecule has 2 N–H and O–H groups in total. The van der Waals surface area contributed by atoms with E-state index in [2.05, 4.69) is 15.0 Å². The Labute approximate surface area is 200 Å². The van der Waals surface area contributed by atoms with Gasteiger partial charge in [-0.2, -0.15) is 4.98 Å². The van der Waals surface area contributed by atoms with Gasteiger partial charge in [0.05, 0.1) is 11.3 Å². The van der Waals surface area contributed by atoms with Gasteiger partial charge in [-0.15, -0.1) is 0 Å². The smallest absolute Gasteiger partial charge is 0.225 e. The molecule has 0 aliphatic heterocycles. The Kier molecular flexibility index (Phi) is 7.63. The molecule has 0 radical (unpaired) electrons. The molecule has 0 saturated heterocycles. The Hall–Kier alpha value is -2.78. The summed E-state index contributed by atoms with van der Waals surface area (Å²) < 4.78 is 40.5. The van der Waals surface area contributed by atoms with Gasteiger partial charge in [0.25, 0.3) is 0 Å². The first-order chi connectivity index (χ1) is 16.3. The van der Waals surface area contributed by atoms with Crippen molar-refractivity contribution in [3.63, 3.8) is 0 Å². The molecule has 1 aliphatic carbocycles. The summed E-state index contributed by atoms with van der Waals surface area (Å²) in [5.74, 6) is 1.86. The Balaban J connectivity index is 1.25. The first-order valence-electron chi connectivity index (χ1n) is 11.7. The van der Waals surface area contributed by atoms with Crippen molar-refractivity contribution in [2.24, 2.45) is 11.8 Å². The van der Waals surface area contributed by atoms with Gasteiger partial charge in [0.2, 0.25) is 16.0 Å². The fraction of sp³-hybridized carbons (Fsp3) is 0.440. The summed E-state index contributed by atoms with van der Waals surface area (Å²) in [7, 11) is 0.519. The van der Waals surface area contributed by atoms with Crippen molar-refractivity contribution in [3.05, 3.63) is 59.9 Å². The normalized spacial score (nSPS) is 18.7. The Morgan fingerprint density at radius 2 is 1.59 bits per heavy atom. The number of nitrogens with zero attached hydrogens (tertiary/aromatic N) is 3. The first-order valence-corrected chi connectivity index (χ1v) is 13.3. The number of benzene rings is 2. The molecule has 4 rings (SSSR count). The number of aromatic nitrogens is 2. The lowest BCUT2D eigenvalue weighted by Crippen LogP contribution is -2.33. The Bertz CT molecular complexity index is 1210. The highest BCUT2D eigenvalue weighted by atomic mass is 32.2.